The third kappa shape index (κ3) is 3.57. The third-order valence-electron chi connectivity index (χ3n) is 3.66. The van der Waals surface area contributed by atoms with Crippen molar-refractivity contribution in [2.75, 3.05) is 5.32 Å². The van der Waals surface area contributed by atoms with E-state index < -0.39 is 0 Å². The van der Waals surface area contributed by atoms with Gasteiger partial charge in [0.15, 0.2) is 0 Å². The number of nitrogens with two attached hydrogens (primary N) is 1. The zero-order chi connectivity index (χ0) is 12.8. The zero-order valence-electron chi connectivity index (χ0n) is 10.8. The topological polar surface area (TPSA) is 55.1 Å². The Morgan fingerprint density at radius 1 is 1.22 bits per heavy atom. The van der Waals surface area contributed by atoms with Crippen LogP contribution in [-0.2, 0) is 11.3 Å². The molecule has 1 aromatic rings. The molecule has 1 aliphatic rings. The van der Waals surface area contributed by atoms with E-state index in [0.717, 1.165) is 24.1 Å². The first-order chi connectivity index (χ1) is 8.79. The van der Waals surface area contributed by atoms with Crippen LogP contribution in [0.1, 0.15) is 44.1 Å². The number of nitrogens with one attached hydrogen (secondary N) is 1. The molecule has 1 amide bonds. The van der Waals surface area contributed by atoms with Crippen molar-refractivity contribution in [3.8, 4) is 0 Å². The molecule has 1 aromatic carbocycles. The van der Waals surface area contributed by atoms with Gasteiger partial charge in [-0.15, -0.1) is 0 Å². The molecule has 0 unspecified atom stereocenters. The first-order valence-corrected chi connectivity index (χ1v) is 6.89. The number of anilines is 1. The van der Waals surface area contributed by atoms with Gasteiger partial charge in [-0.1, -0.05) is 37.8 Å². The first kappa shape index (κ1) is 13.1. The highest BCUT2D eigenvalue weighted by atomic mass is 16.1. The van der Waals surface area contributed by atoms with Crippen molar-refractivity contribution in [3.63, 3.8) is 0 Å². The molecule has 18 heavy (non-hydrogen) atoms. The van der Waals surface area contributed by atoms with Crippen LogP contribution in [0.3, 0.4) is 0 Å². The SMILES string of the molecule is NCc1cccc(NC(=O)C2CCCCCC2)c1. The van der Waals surface area contributed by atoms with Crippen molar-refractivity contribution in [1.29, 1.82) is 0 Å². The van der Waals surface area contributed by atoms with Crippen molar-refractivity contribution in [3.05, 3.63) is 29.8 Å². The summed E-state index contributed by atoms with van der Waals surface area (Å²) in [5, 5.41) is 3.02. The van der Waals surface area contributed by atoms with E-state index in [2.05, 4.69) is 5.32 Å². The number of rotatable bonds is 3. The molecule has 0 spiro atoms. The van der Waals surface area contributed by atoms with Crippen LogP contribution in [0.25, 0.3) is 0 Å². The fraction of sp³-hybridized carbons (Fsp3) is 0.533. The van der Waals surface area contributed by atoms with Crippen molar-refractivity contribution in [2.24, 2.45) is 11.7 Å². The lowest BCUT2D eigenvalue weighted by Crippen LogP contribution is -2.22. The summed E-state index contributed by atoms with van der Waals surface area (Å²) in [6, 6.07) is 7.79. The maximum Gasteiger partial charge on any atom is 0.227 e. The fourth-order valence-corrected chi connectivity index (χ4v) is 2.56. The molecule has 3 nitrogen and oxygen atoms in total. The van der Waals surface area contributed by atoms with Gasteiger partial charge in [-0.25, -0.2) is 0 Å². The highest BCUT2D eigenvalue weighted by Crippen LogP contribution is 2.24. The Kier molecular flexibility index (Phi) is 4.76. The lowest BCUT2D eigenvalue weighted by atomic mass is 9.99. The molecule has 0 aromatic heterocycles. The minimum Gasteiger partial charge on any atom is -0.326 e. The number of hydrogen-bond donors (Lipinski definition) is 2. The molecule has 1 saturated carbocycles. The van der Waals surface area contributed by atoms with Crippen LogP contribution in [-0.4, -0.2) is 5.91 Å². The molecular weight excluding hydrogens is 224 g/mol. The van der Waals surface area contributed by atoms with Gasteiger partial charge in [0, 0.05) is 18.2 Å². The van der Waals surface area contributed by atoms with Crippen molar-refractivity contribution < 1.29 is 4.79 Å². The van der Waals surface area contributed by atoms with Gasteiger partial charge < -0.3 is 11.1 Å². The number of amides is 1. The van der Waals surface area contributed by atoms with Crippen molar-refractivity contribution in [1.82, 2.24) is 0 Å². The average Bonchev–Trinajstić information content (AvgIpc) is 2.68. The predicted octanol–water partition coefficient (Wildman–Crippen LogP) is 3.05. The van der Waals surface area contributed by atoms with Crippen LogP contribution < -0.4 is 11.1 Å². The summed E-state index contributed by atoms with van der Waals surface area (Å²) in [6.45, 7) is 0.507. The van der Waals surface area contributed by atoms with Crippen molar-refractivity contribution >= 4 is 11.6 Å². The predicted molar refractivity (Wildman–Crippen MR) is 74.2 cm³/mol. The third-order valence-corrected chi connectivity index (χ3v) is 3.66. The second-order valence-electron chi connectivity index (χ2n) is 5.08. The number of carbonyl (C=O) groups is 1. The largest absolute Gasteiger partial charge is 0.326 e. The van der Waals surface area contributed by atoms with E-state index in [4.69, 9.17) is 5.73 Å². The summed E-state index contributed by atoms with van der Waals surface area (Å²) >= 11 is 0. The van der Waals surface area contributed by atoms with E-state index in [1.54, 1.807) is 0 Å². The van der Waals surface area contributed by atoms with E-state index in [9.17, 15) is 4.79 Å². The van der Waals surface area contributed by atoms with Gasteiger partial charge in [0.25, 0.3) is 0 Å². The number of hydrogen-bond acceptors (Lipinski definition) is 2. The average molecular weight is 246 g/mol. The molecule has 3 N–H and O–H groups in total. The molecule has 98 valence electrons. The van der Waals surface area contributed by atoms with Crippen LogP contribution in [0, 0.1) is 5.92 Å². The fourth-order valence-electron chi connectivity index (χ4n) is 2.56. The maximum absolute atomic E-state index is 12.2. The minimum absolute atomic E-state index is 0.172. The molecule has 0 radical (unpaired) electrons. The van der Waals surface area contributed by atoms with E-state index in [0.29, 0.717) is 6.54 Å². The van der Waals surface area contributed by atoms with Crippen LogP contribution >= 0.6 is 0 Å². The summed E-state index contributed by atoms with van der Waals surface area (Å²) < 4.78 is 0. The molecule has 0 aliphatic heterocycles. The number of carbonyl (C=O) groups excluding carboxylic acids is 1. The van der Waals surface area contributed by atoms with Gasteiger partial charge in [0.05, 0.1) is 0 Å². The molecule has 0 heterocycles. The van der Waals surface area contributed by atoms with Gasteiger partial charge in [-0.3, -0.25) is 4.79 Å². The van der Waals surface area contributed by atoms with E-state index in [1.165, 1.54) is 25.7 Å². The smallest absolute Gasteiger partial charge is 0.227 e. The van der Waals surface area contributed by atoms with Gasteiger partial charge in [0.1, 0.15) is 0 Å². The minimum atomic E-state index is 0.172. The monoisotopic (exact) mass is 246 g/mol. The Bertz CT molecular complexity index is 395. The Hall–Kier alpha value is -1.35. The highest BCUT2D eigenvalue weighted by Gasteiger charge is 2.19. The Morgan fingerprint density at radius 2 is 1.94 bits per heavy atom. The lowest BCUT2D eigenvalue weighted by molar-refractivity contribution is -0.120. The zero-order valence-corrected chi connectivity index (χ0v) is 10.8. The van der Waals surface area contributed by atoms with E-state index in [-0.39, 0.29) is 11.8 Å². The summed E-state index contributed by atoms with van der Waals surface area (Å²) in [7, 11) is 0. The Morgan fingerprint density at radius 3 is 2.61 bits per heavy atom. The van der Waals surface area contributed by atoms with Crippen LogP contribution in [0.15, 0.2) is 24.3 Å². The highest BCUT2D eigenvalue weighted by molar-refractivity contribution is 5.92. The molecule has 1 aliphatic carbocycles. The summed E-state index contributed by atoms with van der Waals surface area (Å²) in [4.78, 5) is 12.2. The molecule has 3 heteroatoms. The van der Waals surface area contributed by atoms with Gasteiger partial charge in [0.2, 0.25) is 5.91 Å². The van der Waals surface area contributed by atoms with Gasteiger partial charge in [-0.05, 0) is 30.5 Å². The maximum atomic E-state index is 12.2. The second-order valence-corrected chi connectivity index (χ2v) is 5.08. The van der Waals surface area contributed by atoms with E-state index in [1.807, 2.05) is 24.3 Å². The molecule has 2 rings (SSSR count). The molecular formula is C15H22N2O. The number of benzene rings is 1. The summed E-state index contributed by atoms with van der Waals surface area (Å²) in [5.74, 6) is 0.361. The lowest BCUT2D eigenvalue weighted by Gasteiger charge is -2.14. The summed E-state index contributed by atoms with van der Waals surface area (Å²) in [5.41, 5.74) is 7.52. The second kappa shape index (κ2) is 6.55. The molecule has 0 bridgehead atoms. The van der Waals surface area contributed by atoms with E-state index >= 15 is 0 Å². The Labute approximate surface area is 109 Å². The Balaban J connectivity index is 1.96. The molecule has 1 fully saturated rings. The van der Waals surface area contributed by atoms with Crippen LogP contribution in [0.2, 0.25) is 0 Å². The van der Waals surface area contributed by atoms with Crippen molar-refractivity contribution in [2.45, 2.75) is 45.1 Å². The molecule has 0 atom stereocenters. The standard InChI is InChI=1S/C15H22N2O/c16-11-12-6-5-9-14(10-12)17-15(18)13-7-3-1-2-4-8-13/h5-6,9-10,13H,1-4,7-8,11,16H2,(H,17,18). The van der Waals surface area contributed by atoms with Crippen LogP contribution in [0.5, 0.6) is 0 Å². The quantitative estimate of drug-likeness (QED) is 0.805. The molecule has 0 saturated heterocycles. The first-order valence-electron chi connectivity index (χ1n) is 6.89. The van der Waals surface area contributed by atoms with Gasteiger partial charge >= 0.3 is 0 Å². The normalized spacial score (nSPS) is 17.2. The summed E-state index contributed by atoms with van der Waals surface area (Å²) in [6.07, 6.45) is 6.96. The van der Waals surface area contributed by atoms with Crippen LogP contribution in [0.4, 0.5) is 5.69 Å². The van der Waals surface area contributed by atoms with Gasteiger partial charge in [-0.2, -0.15) is 0 Å².